The molecule has 0 bridgehead atoms. The topological polar surface area (TPSA) is 1000 Å². The van der Waals surface area contributed by atoms with Crippen molar-refractivity contribution in [1.82, 2.24) is 58.8 Å². The van der Waals surface area contributed by atoms with Crippen LogP contribution in [0, 0.1) is 0 Å². The van der Waals surface area contributed by atoms with Gasteiger partial charge in [0.15, 0.2) is 0 Å². The Bertz CT molecular complexity index is 2490. The van der Waals surface area contributed by atoms with E-state index in [-0.39, 0.29) is 215 Å². The summed E-state index contributed by atoms with van der Waals surface area (Å²) in [4.78, 5) is 261. The first kappa shape index (κ1) is 150. The van der Waals surface area contributed by atoms with Crippen LogP contribution in [-0.2, 0) is 252 Å². The summed E-state index contributed by atoms with van der Waals surface area (Å²) in [7, 11) is 0. The first-order valence-corrected chi connectivity index (χ1v) is 32.7. The van der Waals surface area contributed by atoms with Crippen molar-refractivity contribution in [3.05, 3.63) is 0 Å². The van der Waals surface area contributed by atoms with Crippen molar-refractivity contribution in [3.63, 3.8) is 0 Å². The van der Waals surface area contributed by atoms with Gasteiger partial charge in [0, 0.05) is 236 Å². The molecule has 0 aromatic carbocycles. The standard InChI is InChI=1S/6C10H16N2O8.8Fe/c6*13-7(14)3-11(4-8(15)16)1-2-12(5-9(17)18)6-10(19)20;;;;;;;;/h6*1-6H2,(H,13,14)(H,15,16)(H,17,18)(H,19,20);;;;;;;;/q;;;;;;8*+3/p-24. The average molecular weight is 2180 g/mol. The zero-order valence-electron chi connectivity index (χ0n) is 65.2. The van der Waals surface area contributed by atoms with Crippen molar-refractivity contribution < 1.29 is 374 Å². The molecule has 0 saturated carbocycles. The summed E-state index contributed by atoms with van der Waals surface area (Å²) in [5.74, 6) is -36.7. The normalized spacial score (nSPS) is 10.0. The van der Waals surface area contributed by atoms with Gasteiger partial charge in [-0.1, -0.05) is 0 Å². The molecule has 0 atom stereocenters. The molecule has 0 aliphatic rings. The minimum atomic E-state index is -1.53. The van der Waals surface area contributed by atoms with Gasteiger partial charge in [-0.3, -0.25) is 58.8 Å². The SMILES string of the molecule is O=C([O-])CN(CCN(CC(=O)[O-])CC(=O)[O-])CC(=O)[O-].O=C([O-])CN(CCN(CC(=O)[O-])CC(=O)[O-])CC(=O)[O-].O=C([O-])CN(CCN(CC(=O)[O-])CC(=O)[O-])CC(=O)[O-].O=C([O-])CN(CCN(CC(=O)[O-])CC(=O)[O-])CC(=O)[O-].O=C([O-])CN(CCN(CC(=O)[O-])CC(=O)[O-])CC(=O)[O-].O=C([O-])CN(CCN(CC(=O)[O-])CC(=O)[O-])CC(=O)[O-].[Fe+3].[Fe+3].[Fe+3].[Fe+3].[Fe+3].[Fe+3].[Fe+3].[Fe+3]. The van der Waals surface area contributed by atoms with Gasteiger partial charge >= 0.3 is 137 Å². The first-order valence-electron chi connectivity index (χ1n) is 32.7. The Kier molecular flexibility index (Phi) is 104. The number of hydrogen-bond acceptors (Lipinski definition) is 60. The van der Waals surface area contributed by atoms with E-state index in [1.165, 1.54) is 0 Å². The van der Waals surface area contributed by atoms with Gasteiger partial charge in [-0.15, -0.1) is 0 Å². The molecule has 60 nitrogen and oxygen atoms in total. The first-order chi connectivity index (χ1) is 55.2. The Morgan fingerprint density at radius 1 is 0.0938 bits per heavy atom. The predicted molar refractivity (Wildman–Crippen MR) is 317 cm³/mol. The second-order valence-electron chi connectivity index (χ2n) is 23.5. The molecule has 8 radical (unpaired) electrons. The van der Waals surface area contributed by atoms with Gasteiger partial charge in [-0.25, -0.2) is 0 Å². The number of carbonyl (C=O) groups is 24. The Morgan fingerprint density at radius 2 is 0.125 bits per heavy atom. The Labute approximate surface area is 806 Å². The molecule has 0 N–H and O–H groups in total. The zero-order chi connectivity index (χ0) is 94.2. The van der Waals surface area contributed by atoms with Crippen molar-refractivity contribution in [2.24, 2.45) is 0 Å². The summed E-state index contributed by atoms with van der Waals surface area (Å²) in [6.45, 7) is -19.5. The van der Waals surface area contributed by atoms with Crippen LogP contribution in [0.25, 0.3) is 0 Å². The number of hydrogen-bond donors (Lipinski definition) is 0. The molecule has 0 heterocycles. The van der Waals surface area contributed by atoms with E-state index < -0.39 is 300 Å². The van der Waals surface area contributed by atoms with Crippen LogP contribution in [0.1, 0.15) is 0 Å². The van der Waals surface area contributed by atoms with Gasteiger partial charge in [0.1, 0.15) is 0 Å². The fourth-order valence-corrected chi connectivity index (χ4v) is 8.65. The van der Waals surface area contributed by atoms with Crippen LogP contribution in [-0.4, -0.2) is 438 Å². The van der Waals surface area contributed by atoms with Crippen molar-refractivity contribution in [1.29, 1.82) is 0 Å². The fourth-order valence-electron chi connectivity index (χ4n) is 8.65. The number of nitrogens with zero attached hydrogens (tertiary/aromatic N) is 12. The molecule has 0 aliphatic heterocycles. The summed E-state index contributed by atoms with van der Waals surface area (Å²) in [5, 5.41) is 250. The molecule has 0 spiro atoms. The maximum absolute atomic E-state index is 10.4. The quantitative estimate of drug-likeness (QED) is 0.0510. The van der Waals surface area contributed by atoms with Crippen LogP contribution < -0.4 is 123 Å². The molecule has 128 heavy (non-hydrogen) atoms. The molecule has 0 aliphatic carbocycles. The van der Waals surface area contributed by atoms with Gasteiger partial charge in [0.2, 0.25) is 0 Å². The zero-order valence-corrected chi connectivity index (χ0v) is 74.1. The van der Waals surface area contributed by atoms with E-state index >= 15 is 0 Å². The second kappa shape index (κ2) is 88.6. The van der Waals surface area contributed by atoms with Gasteiger partial charge in [-0.05, 0) is 0 Å². The smallest absolute Gasteiger partial charge is 0.549 e. The molecule has 724 valence electrons. The Balaban J connectivity index is -0.000000100. The van der Waals surface area contributed by atoms with E-state index in [4.69, 9.17) is 0 Å². The van der Waals surface area contributed by atoms with Crippen molar-refractivity contribution in [2.45, 2.75) is 0 Å². The van der Waals surface area contributed by atoms with Gasteiger partial charge in [0.25, 0.3) is 0 Å². The monoisotopic (exact) mass is 2180 g/mol. The number of rotatable bonds is 66. The summed E-state index contributed by atoms with van der Waals surface area (Å²) in [6.07, 6.45) is 0. The van der Waals surface area contributed by atoms with E-state index in [1.807, 2.05) is 0 Å². The van der Waals surface area contributed by atoms with E-state index in [1.54, 1.807) is 0 Å². The molecule has 0 aromatic heterocycles. The third-order valence-electron chi connectivity index (χ3n) is 12.9. The van der Waals surface area contributed by atoms with E-state index in [0.717, 1.165) is 58.8 Å². The van der Waals surface area contributed by atoms with Crippen LogP contribution in [0.3, 0.4) is 0 Å². The summed E-state index contributed by atoms with van der Waals surface area (Å²) in [5.41, 5.74) is 0. The van der Waals surface area contributed by atoms with Gasteiger partial charge < -0.3 is 238 Å². The minimum Gasteiger partial charge on any atom is -0.549 e. The van der Waals surface area contributed by atoms with Crippen LogP contribution >= 0.6 is 0 Å². The summed E-state index contributed by atoms with van der Waals surface area (Å²) >= 11 is 0. The third kappa shape index (κ3) is 115. The van der Waals surface area contributed by atoms with E-state index in [2.05, 4.69) is 0 Å². The average Bonchev–Trinajstić information content (AvgIpc) is 0.957. The van der Waals surface area contributed by atoms with Gasteiger partial charge in [0.05, 0.1) is 143 Å². The number of aliphatic carboxylic acids is 24. The number of carboxylic acids is 24. The molecule has 0 saturated heterocycles. The molecule has 0 amide bonds. The molecular weight excluding hydrogens is 2100 g/mol. The predicted octanol–water partition coefficient (Wildman–Crippen LogP) is -44.5. The summed E-state index contributed by atoms with van der Waals surface area (Å²) in [6, 6.07) is 0. The van der Waals surface area contributed by atoms with Crippen LogP contribution in [0.4, 0.5) is 0 Å². The second-order valence-corrected chi connectivity index (χ2v) is 23.5. The largest absolute Gasteiger partial charge is 3.00 e. The maximum atomic E-state index is 10.4. The molecular formula is C60H72Fe8N12O48. The van der Waals surface area contributed by atoms with E-state index in [0.29, 0.717) is 0 Å². The number of carboxylic acid groups (broad SMARTS) is 24. The molecule has 0 unspecified atom stereocenters. The number of carbonyl (C=O) groups excluding carboxylic acids is 24. The van der Waals surface area contributed by atoms with Gasteiger partial charge in [-0.2, -0.15) is 0 Å². The van der Waals surface area contributed by atoms with Crippen molar-refractivity contribution in [3.8, 4) is 0 Å². The molecule has 0 fully saturated rings. The Morgan fingerprint density at radius 3 is 0.148 bits per heavy atom. The van der Waals surface area contributed by atoms with Crippen molar-refractivity contribution in [2.75, 3.05) is 236 Å². The minimum absolute atomic E-state index is 0. The molecule has 0 aromatic rings. The van der Waals surface area contributed by atoms with E-state index in [9.17, 15) is 238 Å². The van der Waals surface area contributed by atoms with Crippen LogP contribution in [0.2, 0.25) is 0 Å². The van der Waals surface area contributed by atoms with Crippen molar-refractivity contribution >= 4 is 143 Å². The summed E-state index contributed by atoms with van der Waals surface area (Å²) < 4.78 is 0. The molecule has 68 heteroatoms. The van der Waals surface area contributed by atoms with Crippen LogP contribution in [0.15, 0.2) is 0 Å². The maximum Gasteiger partial charge on any atom is 3.00 e. The molecule has 0 rings (SSSR count). The fraction of sp³-hybridized carbons (Fsp3) is 0.600. The van der Waals surface area contributed by atoms with Crippen LogP contribution in [0.5, 0.6) is 0 Å². The third-order valence-corrected chi connectivity index (χ3v) is 12.9. The Hall–Kier alpha value is -9.04.